The first-order valence-electron chi connectivity index (χ1n) is 8.90. The van der Waals surface area contributed by atoms with Gasteiger partial charge in [0.25, 0.3) is 15.9 Å². The topological polar surface area (TPSA) is 114 Å². The second-order valence-electron chi connectivity index (χ2n) is 6.08. The maximum absolute atomic E-state index is 12.6. The number of hydrogen-bond donors (Lipinski definition) is 3. The van der Waals surface area contributed by atoms with E-state index in [0.717, 1.165) is 4.21 Å². The molecule has 3 N–H and O–H groups in total. The molecule has 0 radical (unpaired) electrons. The number of anilines is 1. The summed E-state index contributed by atoms with van der Waals surface area (Å²) in [6.45, 7) is 0. The second-order valence-corrected chi connectivity index (χ2v) is 9.99. The molecule has 0 fully saturated rings. The molecule has 0 unspecified atom stereocenters. The Morgan fingerprint density at radius 1 is 1.03 bits per heavy atom. The summed E-state index contributed by atoms with van der Waals surface area (Å²) in [7, 11) is -2.40. The summed E-state index contributed by atoms with van der Waals surface area (Å²) in [6, 6.07) is 15.7. The number of thiophene rings is 1. The number of hydrogen-bond acceptors (Lipinski definition) is 7. The van der Waals surface area contributed by atoms with Crippen molar-refractivity contribution in [3.8, 4) is 5.75 Å². The zero-order valence-corrected chi connectivity index (χ0v) is 18.8. The number of rotatable bonds is 8. The fraction of sp³-hybridized carbons (Fsp3) is 0.100. The largest absolute Gasteiger partial charge is 0.497 e. The summed E-state index contributed by atoms with van der Waals surface area (Å²) in [5, 5.41) is 1.91. The first kappa shape index (κ1) is 22.7. The van der Waals surface area contributed by atoms with Gasteiger partial charge in [-0.1, -0.05) is 12.1 Å². The van der Waals surface area contributed by atoms with Gasteiger partial charge in [0.05, 0.1) is 22.0 Å². The van der Waals surface area contributed by atoms with Crippen molar-refractivity contribution in [3.05, 3.63) is 71.6 Å². The molecule has 0 saturated carbocycles. The normalized spacial score (nSPS) is 10.9. The standard InChI is InChI=1S/C20H19N3O5S3/c1-28-16-9-7-15(8-10-16)23-31(26,27)17-5-2-4-14(12-17)20(25)22-21-18(24)13-30-19-6-3-11-29-19/h2-12,23H,13H2,1H3,(H,21,24)(H,22,25). The van der Waals surface area contributed by atoms with Crippen LogP contribution in [-0.4, -0.2) is 33.1 Å². The SMILES string of the molecule is COc1ccc(NS(=O)(=O)c2cccc(C(=O)NNC(=O)CSc3cccs3)c2)cc1. The zero-order valence-electron chi connectivity index (χ0n) is 16.3. The van der Waals surface area contributed by atoms with E-state index in [1.54, 1.807) is 24.3 Å². The van der Waals surface area contributed by atoms with Gasteiger partial charge in [-0.05, 0) is 53.9 Å². The van der Waals surface area contributed by atoms with Crippen LogP contribution < -0.4 is 20.3 Å². The van der Waals surface area contributed by atoms with E-state index in [2.05, 4.69) is 15.6 Å². The number of methoxy groups -OCH3 is 1. The Kier molecular flexibility index (Phi) is 7.55. The van der Waals surface area contributed by atoms with Crippen LogP contribution in [0.1, 0.15) is 10.4 Å². The number of benzene rings is 2. The molecule has 0 atom stereocenters. The van der Waals surface area contributed by atoms with Crippen molar-refractivity contribution in [1.82, 2.24) is 10.9 Å². The first-order chi connectivity index (χ1) is 14.9. The average Bonchev–Trinajstić information content (AvgIpc) is 3.30. The van der Waals surface area contributed by atoms with Crippen molar-refractivity contribution in [2.24, 2.45) is 0 Å². The third-order valence-corrected chi connectivity index (χ3v) is 7.41. The lowest BCUT2D eigenvalue weighted by atomic mass is 10.2. The van der Waals surface area contributed by atoms with Crippen LogP contribution >= 0.6 is 23.1 Å². The minimum atomic E-state index is -3.91. The molecule has 3 aromatic rings. The van der Waals surface area contributed by atoms with Crippen molar-refractivity contribution < 1.29 is 22.7 Å². The van der Waals surface area contributed by atoms with E-state index >= 15 is 0 Å². The van der Waals surface area contributed by atoms with E-state index in [9.17, 15) is 18.0 Å². The highest BCUT2D eigenvalue weighted by Crippen LogP contribution is 2.23. The van der Waals surface area contributed by atoms with Gasteiger partial charge in [-0.3, -0.25) is 25.2 Å². The Balaban J connectivity index is 1.60. The summed E-state index contributed by atoms with van der Waals surface area (Å²) < 4.78 is 33.8. The van der Waals surface area contributed by atoms with Crippen LogP contribution in [0.4, 0.5) is 5.69 Å². The molecule has 162 valence electrons. The van der Waals surface area contributed by atoms with Crippen LogP contribution in [0, 0.1) is 0 Å². The highest BCUT2D eigenvalue weighted by molar-refractivity contribution is 8.01. The third kappa shape index (κ3) is 6.48. The molecular weight excluding hydrogens is 458 g/mol. The molecule has 2 aromatic carbocycles. The number of carbonyl (C=O) groups excluding carboxylic acids is 2. The Morgan fingerprint density at radius 2 is 1.81 bits per heavy atom. The van der Waals surface area contributed by atoms with Crippen LogP contribution in [0.3, 0.4) is 0 Å². The fourth-order valence-corrected chi connectivity index (χ4v) is 5.08. The summed E-state index contributed by atoms with van der Waals surface area (Å²) >= 11 is 2.87. The molecule has 0 saturated heterocycles. The summed E-state index contributed by atoms with van der Waals surface area (Å²) in [5.41, 5.74) is 5.05. The predicted molar refractivity (Wildman–Crippen MR) is 121 cm³/mol. The zero-order chi connectivity index (χ0) is 22.3. The molecule has 0 aliphatic heterocycles. The average molecular weight is 478 g/mol. The van der Waals surface area contributed by atoms with Gasteiger partial charge < -0.3 is 4.74 Å². The maximum Gasteiger partial charge on any atom is 0.269 e. The molecule has 1 heterocycles. The number of carbonyl (C=O) groups is 2. The van der Waals surface area contributed by atoms with E-state index in [4.69, 9.17) is 4.74 Å². The Labute approximate surface area is 188 Å². The number of hydrazine groups is 1. The molecule has 0 aliphatic carbocycles. The highest BCUT2D eigenvalue weighted by atomic mass is 32.2. The Hall–Kier alpha value is -3.02. The van der Waals surface area contributed by atoms with Gasteiger partial charge in [-0.2, -0.15) is 0 Å². The second kappa shape index (κ2) is 10.3. The van der Waals surface area contributed by atoms with Gasteiger partial charge in [0, 0.05) is 11.3 Å². The monoisotopic (exact) mass is 477 g/mol. The van der Waals surface area contributed by atoms with Gasteiger partial charge in [-0.15, -0.1) is 23.1 Å². The molecule has 31 heavy (non-hydrogen) atoms. The number of ether oxygens (including phenoxy) is 1. The van der Waals surface area contributed by atoms with Crippen LogP contribution in [0.5, 0.6) is 5.75 Å². The van der Waals surface area contributed by atoms with Crippen LogP contribution in [-0.2, 0) is 14.8 Å². The molecule has 0 bridgehead atoms. The maximum atomic E-state index is 12.6. The molecule has 8 nitrogen and oxygen atoms in total. The van der Waals surface area contributed by atoms with Gasteiger partial charge >= 0.3 is 0 Å². The lowest BCUT2D eigenvalue weighted by molar-refractivity contribution is -0.119. The molecular formula is C20H19N3O5S3. The van der Waals surface area contributed by atoms with Crippen molar-refractivity contribution in [1.29, 1.82) is 0 Å². The Morgan fingerprint density at radius 3 is 2.48 bits per heavy atom. The molecule has 0 aliphatic rings. The number of nitrogens with one attached hydrogen (secondary N) is 3. The molecule has 0 spiro atoms. The molecule has 3 rings (SSSR count). The van der Waals surface area contributed by atoms with E-state index in [0.29, 0.717) is 11.4 Å². The number of sulfonamides is 1. The quantitative estimate of drug-likeness (QED) is 0.339. The summed E-state index contributed by atoms with van der Waals surface area (Å²) in [4.78, 5) is 24.1. The minimum Gasteiger partial charge on any atom is -0.497 e. The van der Waals surface area contributed by atoms with Gasteiger partial charge in [0.2, 0.25) is 5.91 Å². The van der Waals surface area contributed by atoms with Gasteiger partial charge in [0.1, 0.15) is 5.75 Å². The predicted octanol–water partition coefficient (Wildman–Crippen LogP) is 3.11. The van der Waals surface area contributed by atoms with E-state index < -0.39 is 15.9 Å². The fourth-order valence-electron chi connectivity index (χ4n) is 2.39. The first-order valence-corrected chi connectivity index (χ1v) is 12.2. The smallest absolute Gasteiger partial charge is 0.269 e. The molecule has 2 amide bonds. The van der Waals surface area contributed by atoms with Gasteiger partial charge in [-0.25, -0.2) is 8.42 Å². The minimum absolute atomic E-state index is 0.0869. The lowest BCUT2D eigenvalue weighted by Gasteiger charge is -2.11. The Bertz CT molecular complexity index is 1150. The summed E-state index contributed by atoms with van der Waals surface area (Å²) in [5.74, 6) is -0.272. The van der Waals surface area contributed by atoms with E-state index in [1.165, 1.54) is 54.5 Å². The number of amides is 2. The van der Waals surface area contributed by atoms with Crippen LogP contribution in [0.2, 0.25) is 0 Å². The third-order valence-electron chi connectivity index (χ3n) is 3.90. The van der Waals surface area contributed by atoms with Crippen LogP contribution in [0.25, 0.3) is 0 Å². The van der Waals surface area contributed by atoms with Crippen molar-refractivity contribution in [2.45, 2.75) is 9.10 Å². The summed E-state index contributed by atoms with van der Waals surface area (Å²) in [6.07, 6.45) is 0. The van der Waals surface area contributed by atoms with Crippen LogP contribution in [0.15, 0.2) is 75.1 Å². The highest BCUT2D eigenvalue weighted by Gasteiger charge is 2.17. The lowest BCUT2D eigenvalue weighted by Crippen LogP contribution is -2.42. The van der Waals surface area contributed by atoms with Gasteiger partial charge in [0.15, 0.2) is 0 Å². The molecule has 1 aromatic heterocycles. The molecule has 11 heteroatoms. The van der Waals surface area contributed by atoms with E-state index in [1.807, 2.05) is 17.5 Å². The van der Waals surface area contributed by atoms with Crippen molar-refractivity contribution >= 4 is 50.6 Å². The van der Waals surface area contributed by atoms with E-state index in [-0.39, 0.29) is 22.1 Å². The van der Waals surface area contributed by atoms with Crippen molar-refractivity contribution in [2.75, 3.05) is 17.6 Å². The number of thioether (sulfide) groups is 1. The van der Waals surface area contributed by atoms with Crippen molar-refractivity contribution in [3.63, 3.8) is 0 Å².